The highest BCUT2D eigenvalue weighted by atomic mass is 32.2. The van der Waals surface area contributed by atoms with Gasteiger partial charge in [0.25, 0.3) is 10.0 Å². The summed E-state index contributed by atoms with van der Waals surface area (Å²) in [6.07, 6.45) is 1.88. The molecule has 34 heavy (non-hydrogen) atoms. The molecule has 0 saturated heterocycles. The molecule has 0 aliphatic carbocycles. The molecule has 0 saturated carbocycles. The van der Waals surface area contributed by atoms with E-state index in [9.17, 15) is 8.42 Å². The van der Waals surface area contributed by atoms with E-state index >= 15 is 0 Å². The van der Waals surface area contributed by atoms with Crippen LogP contribution in [0.5, 0.6) is 17.2 Å². The minimum Gasteiger partial charge on any atom is -0.495 e. The number of fused-ring (bicyclic) bond motifs is 1. The number of hydrogen-bond donors (Lipinski definition) is 3. The number of H-pyrrole nitrogens is 1. The first-order chi connectivity index (χ1) is 16.4. The third-order valence-electron chi connectivity index (χ3n) is 5.09. The van der Waals surface area contributed by atoms with Crippen LogP contribution in [0, 0.1) is 0 Å². The lowest BCUT2D eigenvalue weighted by Crippen LogP contribution is -2.15. The van der Waals surface area contributed by atoms with Crippen molar-refractivity contribution < 1.29 is 27.2 Å². The Bertz CT molecular complexity index is 1390. The Labute approximate surface area is 196 Å². The SMILES string of the molecule is CCCc1cc(Nc2cc3onc(NS(=O)(=O)c4c(OC)cccc4OC)c3cc2OC)n[nH]1. The van der Waals surface area contributed by atoms with E-state index in [2.05, 4.69) is 32.3 Å². The molecular weight excluding hydrogens is 462 g/mol. The monoisotopic (exact) mass is 487 g/mol. The highest BCUT2D eigenvalue weighted by molar-refractivity contribution is 7.93. The molecule has 0 amide bonds. The zero-order valence-electron chi connectivity index (χ0n) is 19.1. The molecule has 0 spiro atoms. The van der Waals surface area contributed by atoms with Gasteiger partial charge in [-0.2, -0.15) is 5.10 Å². The summed E-state index contributed by atoms with van der Waals surface area (Å²) >= 11 is 0. The van der Waals surface area contributed by atoms with Gasteiger partial charge in [-0.15, -0.1) is 0 Å². The Morgan fingerprint density at radius 1 is 1.03 bits per heavy atom. The molecule has 0 atom stereocenters. The molecule has 2 heterocycles. The highest BCUT2D eigenvalue weighted by Gasteiger charge is 2.27. The third kappa shape index (κ3) is 4.44. The van der Waals surface area contributed by atoms with Gasteiger partial charge in [-0.1, -0.05) is 24.6 Å². The molecule has 12 heteroatoms. The molecule has 2 aromatic heterocycles. The van der Waals surface area contributed by atoms with Crippen LogP contribution in [-0.2, 0) is 16.4 Å². The number of nitrogens with zero attached hydrogens (tertiary/aromatic N) is 2. The van der Waals surface area contributed by atoms with Crippen LogP contribution in [0.15, 0.2) is 45.8 Å². The average molecular weight is 488 g/mol. The zero-order chi connectivity index (χ0) is 24.3. The summed E-state index contributed by atoms with van der Waals surface area (Å²) in [5.74, 6) is 1.32. The molecule has 0 fully saturated rings. The minimum atomic E-state index is -4.13. The van der Waals surface area contributed by atoms with Gasteiger partial charge in [0.2, 0.25) is 0 Å². The van der Waals surface area contributed by atoms with Crippen LogP contribution < -0.4 is 24.2 Å². The number of aromatic nitrogens is 3. The van der Waals surface area contributed by atoms with Crippen molar-refractivity contribution in [3.05, 3.63) is 42.1 Å². The van der Waals surface area contributed by atoms with E-state index < -0.39 is 10.0 Å². The first-order valence-corrected chi connectivity index (χ1v) is 11.9. The van der Waals surface area contributed by atoms with Crippen molar-refractivity contribution in [3.8, 4) is 17.2 Å². The maximum Gasteiger partial charge on any atom is 0.270 e. The van der Waals surface area contributed by atoms with Crippen molar-refractivity contribution >= 4 is 38.3 Å². The number of aryl methyl sites for hydroxylation is 1. The van der Waals surface area contributed by atoms with E-state index in [1.807, 2.05) is 6.07 Å². The molecule has 0 radical (unpaired) electrons. The van der Waals surface area contributed by atoms with E-state index in [1.165, 1.54) is 33.5 Å². The molecule has 180 valence electrons. The Balaban J connectivity index is 1.69. The molecule has 0 aliphatic rings. The van der Waals surface area contributed by atoms with E-state index in [4.69, 9.17) is 18.7 Å². The fraction of sp³-hybridized carbons (Fsp3) is 0.273. The maximum absolute atomic E-state index is 13.2. The van der Waals surface area contributed by atoms with Gasteiger partial charge in [0.1, 0.15) is 17.2 Å². The Morgan fingerprint density at radius 3 is 2.38 bits per heavy atom. The molecule has 0 aliphatic heterocycles. The summed E-state index contributed by atoms with van der Waals surface area (Å²) in [5.41, 5.74) is 1.94. The summed E-state index contributed by atoms with van der Waals surface area (Å²) in [6.45, 7) is 2.09. The smallest absolute Gasteiger partial charge is 0.270 e. The molecule has 0 unspecified atom stereocenters. The Hall–Kier alpha value is -3.93. The van der Waals surface area contributed by atoms with Crippen LogP contribution in [0.2, 0.25) is 0 Å². The van der Waals surface area contributed by atoms with E-state index in [0.717, 1.165) is 18.5 Å². The number of rotatable bonds is 10. The second kappa shape index (κ2) is 9.51. The van der Waals surface area contributed by atoms with Crippen LogP contribution in [0.25, 0.3) is 11.0 Å². The van der Waals surface area contributed by atoms with Crippen LogP contribution in [0.1, 0.15) is 19.0 Å². The quantitative estimate of drug-likeness (QED) is 0.302. The van der Waals surface area contributed by atoms with Gasteiger partial charge in [-0.3, -0.25) is 9.82 Å². The number of anilines is 3. The van der Waals surface area contributed by atoms with Gasteiger partial charge in [-0.05, 0) is 24.6 Å². The fourth-order valence-electron chi connectivity index (χ4n) is 3.53. The average Bonchev–Trinajstić information content (AvgIpc) is 3.44. The van der Waals surface area contributed by atoms with Crippen molar-refractivity contribution in [2.24, 2.45) is 0 Å². The Morgan fingerprint density at radius 2 is 1.74 bits per heavy atom. The summed E-state index contributed by atoms with van der Waals surface area (Å²) in [4.78, 5) is -0.150. The van der Waals surface area contributed by atoms with E-state index in [-0.39, 0.29) is 22.2 Å². The Kier molecular flexibility index (Phi) is 6.50. The standard InChI is InChI=1S/C22H25N5O6S/c1-5-7-13-10-20(25-24-13)23-15-12-18-14(11-19(15)32-4)22(26-33-18)27-34(28,29)21-16(30-2)8-6-9-17(21)31-3/h6,8-12H,5,7H2,1-4H3,(H,26,27)(H2,23,24,25). The lowest BCUT2D eigenvalue weighted by atomic mass is 10.2. The van der Waals surface area contributed by atoms with Crippen LogP contribution in [-0.4, -0.2) is 45.1 Å². The minimum absolute atomic E-state index is 0.00203. The van der Waals surface area contributed by atoms with E-state index in [0.29, 0.717) is 28.2 Å². The largest absolute Gasteiger partial charge is 0.495 e. The van der Waals surface area contributed by atoms with Gasteiger partial charge in [0.05, 0.1) is 32.4 Å². The van der Waals surface area contributed by atoms with Crippen molar-refractivity contribution in [2.45, 2.75) is 24.7 Å². The van der Waals surface area contributed by atoms with Crippen LogP contribution >= 0.6 is 0 Å². The van der Waals surface area contributed by atoms with Gasteiger partial charge in [-0.25, -0.2) is 8.42 Å². The summed E-state index contributed by atoms with van der Waals surface area (Å²) in [5, 5.41) is 14.7. The zero-order valence-corrected chi connectivity index (χ0v) is 19.9. The normalized spacial score (nSPS) is 11.4. The lowest BCUT2D eigenvalue weighted by molar-refractivity contribution is 0.373. The summed E-state index contributed by atoms with van der Waals surface area (Å²) < 4.78 is 50.2. The van der Waals surface area contributed by atoms with Gasteiger partial charge < -0.3 is 24.1 Å². The molecule has 4 rings (SSSR count). The van der Waals surface area contributed by atoms with Gasteiger partial charge in [0, 0.05) is 17.8 Å². The van der Waals surface area contributed by atoms with E-state index in [1.54, 1.807) is 18.2 Å². The second-order valence-corrected chi connectivity index (χ2v) is 8.95. The molecule has 0 bridgehead atoms. The molecule has 11 nitrogen and oxygen atoms in total. The number of methoxy groups -OCH3 is 3. The summed E-state index contributed by atoms with van der Waals surface area (Å²) in [7, 11) is 0.133. The molecule has 2 aromatic carbocycles. The summed E-state index contributed by atoms with van der Waals surface area (Å²) in [6, 6.07) is 9.89. The van der Waals surface area contributed by atoms with Crippen molar-refractivity contribution in [1.29, 1.82) is 0 Å². The first kappa shape index (κ1) is 23.2. The third-order valence-corrected chi connectivity index (χ3v) is 6.49. The predicted molar refractivity (Wildman–Crippen MR) is 127 cm³/mol. The number of ether oxygens (including phenoxy) is 3. The van der Waals surface area contributed by atoms with Crippen LogP contribution in [0.4, 0.5) is 17.3 Å². The van der Waals surface area contributed by atoms with Gasteiger partial charge in [0.15, 0.2) is 22.1 Å². The topological polar surface area (TPSA) is 141 Å². The number of nitrogens with one attached hydrogen (secondary N) is 3. The molecular formula is C22H25N5O6S. The maximum atomic E-state index is 13.2. The lowest BCUT2D eigenvalue weighted by Gasteiger charge is -2.14. The number of hydrogen-bond acceptors (Lipinski definition) is 9. The predicted octanol–water partition coefficient (Wildman–Crippen LogP) is 4.07. The number of aromatic amines is 1. The van der Waals surface area contributed by atoms with Crippen molar-refractivity contribution in [3.63, 3.8) is 0 Å². The second-order valence-electron chi connectivity index (χ2n) is 7.33. The highest BCUT2D eigenvalue weighted by Crippen LogP contribution is 2.38. The molecule has 4 aromatic rings. The number of sulfonamides is 1. The van der Waals surface area contributed by atoms with Gasteiger partial charge >= 0.3 is 0 Å². The van der Waals surface area contributed by atoms with Crippen LogP contribution in [0.3, 0.4) is 0 Å². The first-order valence-electron chi connectivity index (χ1n) is 10.4. The number of benzene rings is 2. The molecule has 3 N–H and O–H groups in total. The fourth-order valence-corrected chi connectivity index (χ4v) is 4.86. The van der Waals surface area contributed by atoms with Crippen molar-refractivity contribution in [1.82, 2.24) is 15.4 Å². The van der Waals surface area contributed by atoms with Crippen molar-refractivity contribution in [2.75, 3.05) is 31.4 Å².